The van der Waals surface area contributed by atoms with Crippen molar-refractivity contribution in [1.82, 2.24) is 0 Å². The first kappa shape index (κ1) is 17.5. The predicted octanol–water partition coefficient (Wildman–Crippen LogP) is 3.32. The fourth-order valence-corrected chi connectivity index (χ4v) is 2.60. The number of carbonyl (C=O) groups is 2. The maximum absolute atomic E-state index is 12.7. The van der Waals surface area contributed by atoms with Gasteiger partial charge in [-0.2, -0.15) is 13.2 Å². The summed E-state index contributed by atoms with van der Waals surface area (Å²) in [6.07, 6.45) is -2.71. The number of rotatable bonds is 4. The molecule has 0 bridgehead atoms. The van der Waals surface area contributed by atoms with Gasteiger partial charge in [-0.25, -0.2) is 9.59 Å². The SMILES string of the molecule is CC(C)C1(OC(=O)/C=C\C(=O)O)CCC(C(F)(F)F)CC1. The molecule has 1 fully saturated rings. The normalized spacial score (nSPS) is 27.0. The van der Waals surface area contributed by atoms with Crippen molar-refractivity contribution < 1.29 is 32.6 Å². The first-order chi connectivity index (χ1) is 9.57. The largest absolute Gasteiger partial charge is 0.478 e. The van der Waals surface area contributed by atoms with Gasteiger partial charge < -0.3 is 9.84 Å². The van der Waals surface area contributed by atoms with Crippen LogP contribution in [0.2, 0.25) is 0 Å². The Bertz CT molecular complexity index is 418. The maximum atomic E-state index is 12.7. The lowest BCUT2D eigenvalue weighted by molar-refractivity contribution is -0.201. The fraction of sp³-hybridized carbons (Fsp3) is 0.714. The van der Waals surface area contributed by atoms with E-state index in [0.29, 0.717) is 6.08 Å². The molecule has 0 aromatic rings. The average Bonchev–Trinajstić information content (AvgIpc) is 2.35. The Hall–Kier alpha value is -1.53. The van der Waals surface area contributed by atoms with E-state index in [9.17, 15) is 22.8 Å². The lowest BCUT2D eigenvalue weighted by Gasteiger charge is -2.42. The van der Waals surface area contributed by atoms with Crippen molar-refractivity contribution in [3.8, 4) is 0 Å². The molecule has 0 unspecified atom stereocenters. The quantitative estimate of drug-likeness (QED) is 0.639. The van der Waals surface area contributed by atoms with E-state index < -0.39 is 29.6 Å². The Morgan fingerprint density at radius 2 is 1.76 bits per heavy atom. The third-order valence-corrected chi connectivity index (χ3v) is 4.01. The molecular formula is C14H19F3O4. The number of alkyl halides is 3. The molecule has 0 atom stereocenters. The lowest BCUT2D eigenvalue weighted by Crippen LogP contribution is -2.45. The second kappa shape index (κ2) is 6.49. The summed E-state index contributed by atoms with van der Waals surface area (Å²) in [7, 11) is 0. The molecule has 120 valence electrons. The number of aliphatic carboxylic acids is 1. The molecule has 7 heteroatoms. The van der Waals surface area contributed by atoms with E-state index in [2.05, 4.69) is 0 Å². The Morgan fingerprint density at radius 3 is 2.14 bits per heavy atom. The molecular weight excluding hydrogens is 289 g/mol. The monoisotopic (exact) mass is 308 g/mol. The lowest BCUT2D eigenvalue weighted by atomic mass is 9.73. The smallest absolute Gasteiger partial charge is 0.391 e. The summed E-state index contributed by atoms with van der Waals surface area (Å²) in [5.74, 6) is -3.63. The minimum Gasteiger partial charge on any atom is -0.478 e. The van der Waals surface area contributed by atoms with E-state index in [1.54, 1.807) is 13.8 Å². The molecule has 1 N–H and O–H groups in total. The number of esters is 1. The molecule has 1 aliphatic carbocycles. The fourth-order valence-electron chi connectivity index (χ4n) is 2.60. The third kappa shape index (κ3) is 4.75. The summed E-state index contributed by atoms with van der Waals surface area (Å²) in [6, 6.07) is 0. The van der Waals surface area contributed by atoms with E-state index >= 15 is 0 Å². The van der Waals surface area contributed by atoms with Crippen LogP contribution in [0.3, 0.4) is 0 Å². The third-order valence-electron chi connectivity index (χ3n) is 4.01. The number of halogens is 3. The topological polar surface area (TPSA) is 63.6 Å². The highest BCUT2D eigenvalue weighted by Gasteiger charge is 2.48. The molecule has 4 nitrogen and oxygen atoms in total. The van der Waals surface area contributed by atoms with E-state index in [0.717, 1.165) is 6.08 Å². The highest BCUT2D eigenvalue weighted by Crippen LogP contribution is 2.45. The van der Waals surface area contributed by atoms with Gasteiger partial charge in [-0.15, -0.1) is 0 Å². The maximum Gasteiger partial charge on any atom is 0.391 e. The van der Waals surface area contributed by atoms with Crippen LogP contribution in [-0.2, 0) is 14.3 Å². The Morgan fingerprint density at radius 1 is 1.24 bits per heavy atom. The van der Waals surface area contributed by atoms with Crippen molar-refractivity contribution >= 4 is 11.9 Å². The minimum absolute atomic E-state index is 0.0857. The highest BCUT2D eigenvalue weighted by atomic mass is 19.4. The Labute approximate surface area is 121 Å². The van der Waals surface area contributed by atoms with Gasteiger partial charge in [0.1, 0.15) is 5.60 Å². The molecule has 0 amide bonds. The van der Waals surface area contributed by atoms with Crippen molar-refractivity contribution in [2.45, 2.75) is 51.3 Å². The number of carboxylic acid groups (broad SMARTS) is 1. The van der Waals surface area contributed by atoms with Crippen LogP contribution in [0, 0.1) is 11.8 Å². The van der Waals surface area contributed by atoms with Gasteiger partial charge in [0.15, 0.2) is 0 Å². The van der Waals surface area contributed by atoms with Crippen LogP contribution < -0.4 is 0 Å². The molecule has 1 saturated carbocycles. The summed E-state index contributed by atoms with van der Waals surface area (Å²) in [6.45, 7) is 3.56. The summed E-state index contributed by atoms with van der Waals surface area (Å²) in [5, 5.41) is 8.45. The molecule has 21 heavy (non-hydrogen) atoms. The second-order valence-corrected chi connectivity index (χ2v) is 5.63. The van der Waals surface area contributed by atoms with Gasteiger partial charge in [0.25, 0.3) is 0 Å². The zero-order valence-electron chi connectivity index (χ0n) is 11.9. The molecule has 0 heterocycles. The van der Waals surface area contributed by atoms with Crippen molar-refractivity contribution in [2.75, 3.05) is 0 Å². The van der Waals surface area contributed by atoms with E-state index in [1.165, 1.54) is 0 Å². The van der Waals surface area contributed by atoms with Gasteiger partial charge in [-0.05, 0) is 31.6 Å². The van der Waals surface area contributed by atoms with E-state index in [-0.39, 0.29) is 31.6 Å². The van der Waals surface area contributed by atoms with Crippen molar-refractivity contribution in [1.29, 1.82) is 0 Å². The van der Waals surface area contributed by atoms with Crippen LogP contribution in [0.4, 0.5) is 13.2 Å². The molecule has 1 aliphatic rings. The number of carbonyl (C=O) groups excluding carboxylic acids is 1. The van der Waals surface area contributed by atoms with E-state index in [4.69, 9.17) is 9.84 Å². The van der Waals surface area contributed by atoms with E-state index in [1.807, 2.05) is 0 Å². The van der Waals surface area contributed by atoms with Gasteiger partial charge >= 0.3 is 18.1 Å². The Kier molecular flexibility index (Phi) is 5.42. The van der Waals surface area contributed by atoms with Crippen molar-refractivity contribution in [3.05, 3.63) is 12.2 Å². The molecule has 1 rings (SSSR count). The second-order valence-electron chi connectivity index (χ2n) is 5.63. The predicted molar refractivity (Wildman–Crippen MR) is 68.4 cm³/mol. The molecule has 0 saturated heterocycles. The van der Waals surface area contributed by atoms with Crippen LogP contribution in [0.5, 0.6) is 0 Å². The molecule has 0 spiro atoms. The van der Waals surface area contributed by atoms with Crippen LogP contribution in [0.15, 0.2) is 12.2 Å². The van der Waals surface area contributed by atoms with Gasteiger partial charge in [0.2, 0.25) is 0 Å². The number of hydrogen-bond donors (Lipinski definition) is 1. The van der Waals surface area contributed by atoms with Crippen molar-refractivity contribution in [2.24, 2.45) is 11.8 Å². The Balaban J connectivity index is 2.75. The first-order valence-corrected chi connectivity index (χ1v) is 6.77. The highest BCUT2D eigenvalue weighted by molar-refractivity contribution is 5.90. The summed E-state index contributed by atoms with van der Waals surface area (Å²) in [4.78, 5) is 22.0. The number of carboxylic acids is 1. The zero-order valence-corrected chi connectivity index (χ0v) is 11.9. The molecule has 0 radical (unpaired) electrons. The van der Waals surface area contributed by atoms with Crippen LogP contribution in [0.1, 0.15) is 39.5 Å². The molecule has 0 aromatic heterocycles. The van der Waals surface area contributed by atoms with Crippen LogP contribution >= 0.6 is 0 Å². The minimum atomic E-state index is -4.23. The molecule has 0 aliphatic heterocycles. The average molecular weight is 308 g/mol. The van der Waals surface area contributed by atoms with Crippen molar-refractivity contribution in [3.63, 3.8) is 0 Å². The summed E-state index contributed by atoms with van der Waals surface area (Å²) in [5.41, 5.74) is -0.957. The van der Waals surface area contributed by atoms with Crippen LogP contribution in [0.25, 0.3) is 0 Å². The van der Waals surface area contributed by atoms with Gasteiger partial charge in [-0.1, -0.05) is 13.8 Å². The summed E-state index contributed by atoms with van der Waals surface area (Å²) < 4.78 is 43.3. The summed E-state index contributed by atoms with van der Waals surface area (Å²) >= 11 is 0. The van der Waals surface area contributed by atoms with Gasteiger partial charge in [0.05, 0.1) is 5.92 Å². The van der Waals surface area contributed by atoms with Gasteiger partial charge in [-0.3, -0.25) is 0 Å². The standard InChI is InChI=1S/C14H19F3O4/c1-9(2)13(21-12(20)4-3-11(18)19)7-5-10(6-8-13)14(15,16)17/h3-4,9-10H,5-8H2,1-2H3,(H,18,19)/b4-3-. The zero-order chi connectivity index (χ0) is 16.3. The van der Waals surface area contributed by atoms with Gasteiger partial charge in [0, 0.05) is 12.2 Å². The molecule has 0 aromatic carbocycles. The van der Waals surface area contributed by atoms with Crippen LogP contribution in [-0.4, -0.2) is 28.8 Å². The number of ether oxygens (including phenoxy) is 1. The first-order valence-electron chi connectivity index (χ1n) is 6.77. The number of hydrogen-bond acceptors (Lipinski definition) is 3.